The number of hydrogen-bond acceptors (Lipinski definition) is 1. The number of hydrogen-bond donors (Lipinski definition) is 0. The topological polar surface area (TPSA) is 17.8 Å². The van der Waals surface area contributed by atoms with Crippen LogP contribution in [0.25, 0.3) is 10.9 Å². The summed E-state index contributed by atoms with van der Waals surface area (Å²) in [5.41, 5.74) is 0.235. The molecule has 86 valence electrons. The second-order valence-corrected chi connectivity index (χ2v) is 4.10. The van der Waals surface area contributed by atoms with E-state index in [1.165, 1.54) is 6.20 Å². The molecule has 1 aromatic heterocycles. The van der Waals surface area contributed by atoms with E-state index in [0.29, 0.717) is 5.39 Å². The molecule has 0 atom stereocenters. The number of halogens is 5. The monoisotopic (exact) mass is 296 g/mol. The number of fused-ring (bicyclic) bond motifs is 1. The first-order valence-corrected chi connectivity index (χ1v) is 5.03. The van der Waals surface area contributed by atoms with Gasteiger partial charge in [0.05, 0.1) is 11.7 Å². The van der Waals surface area contributed by atoms with Gasteiger partial charge in [0.2, 0.25) is 0 Å². The highest BCUT2D eigenvalue weighted by atomic mass is 79.9. The summed E-state index contributed by atoms with van der Waals surface area (Å²) in [4.78, 5) is 0. The lowest BCUT2D eigenvalue weighted by Gasteiger charge is -2.08. The molecule has 0 amide bonds. The summed E-state index contributed by atoms with van der Waals surface area (Å²) in [5, 5.41) is 3.91. The summed E-state index contributed by atoms with van der Waals surface area (Å²) >= 11 is 3.02. The Kier molecular flexibility index (Phi) is 2.65. The van der Waals surface area contributed by atoms with E-state index in [9.17, 15) is 17.6 Å². The molecule has 16 heavy (non-hydrogen) atoms. The summed E-state index contributed by atoms with van der Waals surface area (Å²) in [6.45, 7) is -1.19. The van der Waals surface area contributed by atoms with Crippen molar-refractivity contribution in [3.05, 3.63) is 28.6 Å². The Bertz CT molecular complexity index is 532. The summed E-state index contributed by atoms with van der Waals surface area (Å²) in [6.07, 6.45) is -3.15. The van der Waals surface area contributed by atoms with Crippen molar-refractivity contribution in [2.75, 3.05) is 0 Å². The lowest BCUT2D eigenvalue weighted by atomic mass is 10.2. The Morgan fingerprint density at radius 1 is 1.31 bits per heavy atom. The maximum absolute atomic E-state index is 13.0. The minimum atomic E-state index is -4.35. The molecule has 7 heteroatoms. The van der Waals surface area contributed by atoms with Gasteiger partial charge >= 0.3 is 6.18 Å². The highest BCUT2D eigenvalue weighted by molar-refractivity contribution is 9.10. The number of rotatable bonds is 1. The SMILES string of the molecule is Fc1cc(Br)c2c(cnn2CC(F)(F)F)c1. The van der Waals surface area contributed by atoms with Crippen LogP contribution in [0.4, 0.5) is 17.6 Å². The van der Waals surface area contributed by atoms with Crippen LogP contribution in [0.2, 0.25) is 0 Å². The first kappa shape index (κ1) is 11.4. The first-order valence-electron chi connectivity index (χ1n) is 4.24. The van der Waals surface area contributed by atoms with E-state index in [1.54, 1.807) is 0 Å². The fourth-order valence-electron chi connectivity index (χ4n) is 1.44. The third kappa shape index (κ3) is 2.18. The zero-order valence-electron chi connectivity index (χ0n) is 7.72. The maximum Gasteiger partial charge on any atom is 0.408 e. The summed E-state index contributed by atoms with van der Waals surface area (Å²) in [6, 6.07) is 2.25. The van der Waals surface area contributed by atoms with Gasteiger partial charge in [-0.25, -0.2) is 4.39 Å². The van der Waals surface area contributed by atoms with E-state index in [-0.39, 0.29) is 9.99 Å². The van der Waals surface area contributed by atoms with Gasteiger partial charge in [-0.15, -0.1) is 0 Å². The molecule has 0 aliphatic rings. The van der Waals surface area contributed by atoms with Crippen LogP contribution >= 0.6 is 15.9 Å². The normalized spacial score (nSPS) is 12.3. The fraction of sp³-hybridized carbons (Fsp3) is 0.222. The highest BCUT2D eigenvalue weighted by Crippen LogP contribution is 2.27. The first-order chi connectivity index (χ1) is 7.37. The van der Waals surface area contributed by atoms with E-state index < -0.39 is 18.5 Å². The Morgan fingerprint density at radius 2 is 2.00 bits per heavy atom. The minimum Gasteiger partial charge on any atom is -0.255 e. The Morgan fingerprint density at radius 3 is 2.62 bits per heavy atom. The lowest BCUT2D eigenvalue weighted by molar-refractivity contribution is -0.141. The Balaban J connectivity index is 2.56. The molecule has 2 nitrogen and oxygen atoms in total. The molecule has 2 rings (SSSR count). The summed E-state index contributed by atoms with van der Waals surface area (Å²) in [7, 11) is 0. The van der Waals surface area contributed by atoms with Crippen molar-refractivity contribution in [1.29, 1.82) is 0 Å². The van der Waals surface area contributed by atoms with E-state index in [4.69, 9.17) is 0 Å². The second-order valence-electron chi connectivity index (χ2n) is 3.24. The van der Waals surface area contributed by atoms with Gasteiger partial charge in [0, 0.05) is 9.86 Å². The van der Waals surface area contributed by atoms with Crippen LogP contribution in [0, 0.1) is 5.82 Å². The molecular weight excluding hydrogens is 292 g/mol. The summed E-state index contributed by atoms with van der Waals surface area (Å²) < 4.78 is 50.6. The van der Waals surface area contributed by atoms with E-state index in [1.807, 2.05) is 0 Å². The number of aromatic nitrogens is 2. The van der Waals surface area contributed by atoms with Crippen LogP contribution in [0.5, 0.6) is 0 Å². The van der Waals surface area contributed by atoms with Gasteiger partial charge in [-0.2, -0.15) is 18.3 Å². The molecule has 0 fully saturated rings. The van der Waals surface area contributed by atoms with Gasteiger partial charge in [0.1, 0.15) is 12.4 Å². The van der Waals surface area contributed by atoms with E-state index in [0.717, 1.165) is 16.8 Å². The molecule has 0 saturated carbocycles. The second kappa shape index (κ2) is 3.73. The molecule has 0 aliphatic heterocycles. The molecule has 0 N–H and O–H groups in total. The third-order valence-electron chi connectivity index (χ3n) is 1.98. The average molecular weight is 297 g/mol. The van der Waals surface area contributed by atoms with Crippen molar-refractivity contribution < 1.29 is 17.6 Å². The zero-order valence-corrected chi connectivity index (χ0v) is 9.31. The molecular formula is C9H5BrF4N2. The number of benzene rings is 1. The number of alkyl halides is 3. The molecule has 0 unspecified atom stereocenters. The van der Waals surface area contributed by atoms with Crippen molar-refractivity contribution in [2.24, 2.45) is 0 Å². The van der Waals surface area contributed by atoms with Gasteiger partial charge in [-0.3, -0.25) is 4.68 Å². The van der Waals surface area contributed by atoms with Gasteiger partial charge in [-0.1, -0.05) is 0 Å². The zero-order chi connectivity index (χ0) is 11.9. The Hall–Kier alpha value is -1.11. The number of nitrogens with zero attached hydrogens (tertiary/aromatic N) is 2. The molecule has 1 heterocycles. The third-order valence-corrected chi connectivity index (χ3v) is 2.59. The standard InChI is InChI=1S/C9H5BrF4N2/c10-7-2-6(11)1-5-3-15-16(8(5)7)4-9(12,13)14/h1-3H,4H2. The van der Waals surface area contributed by atoms with Crippen molar-refractivity contribution in [3.8, 4) is 0 Å². The van der Waals surface area contributed by atoms with E-state index in [2.05, 4.69) is 21.0 Å². The molecule has 0 aliphatic carbocycles. The van der Waals surface area contributed by atoms with Gasteiger partial charge in [0.15, 0.2) is 0 Å². The average Bonchev–Trinajstić information content (AvgIpc) is 2.44. The minimum absolute atomic E-state index is 0.235. The lowest BCUT2D eigenvalue weighted by Crippen LogP contribution is -2.18. The fourth-order valence-corrected chi connectivity index (χ4v) is 2.09. The van der Waals surface area contributed by atoms with Crippen molar-refractivity contribution in [2.45, 2.75) is 12.7 Å². The highest BCUT2D eigenvalue weighted by Gasteiger charge is 2.29. The van der Waals surface area contributed by atoms with Crippen LogP contribution in [-0.4, -0.2) is 16.0 Å². The quantitative estimate of drug-likeness (QED) is 0.737. The maximum atomic E-state index is 13.0. The van der Waals surface area contributed by atoms with Crippen molar-refractivity contribution in [1.82, 2.24) is 9.78 Å². The van der Waals surface area contributed by atoms with Crippen LogP contribution in [0.3, 0.4) is 0 Å². The van der Waals surface area contributed by atoms with Gasteiger partial charge in [0.25, 0.3) is 0 Å². The van der Waals surface area contributed by atoms with Crippen LogP contribution < -0.4 is 0 Å². The van der Waals surface area contributed by atoms with Crippen LogP contribution in [0.1, 0.15) is 0 Å². The van der Waals surface area contributed by atoms with E-state index >= 15 is 0 Å². The predicted molar refractivity (Wildman–Crippen MR) is 53.4 cm³/mol. The molecule has 0 saturated heterocycles. The summed E-state index contributed by atoms with van der Waals surface area (Å²) in [5.74, 6) is -0.522. The molecule has 2 aromatic rings. The van der Waals surface area contributed by atoms with Crippen molar-refractivity contribution >= 4 is 26.8 Å². The molecule has 1 aromatic carbocycles. The Labute approximate surface area is 96.0 Å². The predicted octanol–water partition coefficient (Wildman–Crippen LogP) is 3.50. The van der Waals surface area contributed by atoms with Crippen molar-refractivity contribution in [3.63, 3.8) is 0 Å². The largest absolute Gasteiger partial charge is 0.408 e. The van der Waals surface area contributed by atoms with Crippen LogP contribution in [-0.2, 0) is 6.54 Å². The smallest absolute Gasteiger partial charge is 0.255 e. The molecule has 0 spiro atoms. The molecule has 0 bridgehead atoms. The van der Waals surface area contributed by atoms with Gasteiger partial charge in [-0.05, 0) is 28.1 Å². The molecule has 0 radical (unpaired) electrons. The van der Waals surface area contributed by atoms with Crippen LogP contribution in [0.15, 0.2) is 22.8 Å². The van der Waals surface area contributed by atoms with Gasteiger partial charge < -0.3 is 0 Å².